The van der Waals surface area contributed by atoms with Crippen molar-refractivity contribution >= 4 is 18.0 Å². The second-order valence-electron chi connectivity index (χ2n) is 6.56. The highest BCUT2D eigenvalue weighted by Gasteiger charge is 2.04. The number of hydrazone groups is 1. The summed E-state index contributed by atoms with van der Waals surface area (Å²) in [5, 5.41) is 6.50. The maximum absolute atomic E-state index is 11.7. The Morgan fingerprint density at radius 1 is 0.885 bits per heavy atom. The summed E-state index contributed by atoms with van der Waals surface area (Å²) in [7, 11) is 0. The minimum Gasteiger partial charge on any atom is -0.347 e. The molecule has 1 aromatic rings. The zero-order chi connectivity index (χ0) is 18.9. The van der Waals surface area contributed by atoms with Gasteiger partial charge in [0.05, 0.1) is 12.8 Å². The van der Waals surface area contributed by atoms with Crippen LogP contribution < -0.4 is 10.7 Å². The first-order chi connectivity index (χ1) is 12.7. The van der Waals surface area contributed by atoms with E-state index in [1.54, 1.807) is 6.21 Å². The van der Waals surface area contributed by atoms with Crippen molar-refractivity contribution in [3.63, 3.8) is 0 Å². The Labute approximate surface area is 157 Å². The fourth-order valence-corrected chi connectivity index (χ4v) is 2.62. The predicted octanol–water partition coefficient (Wildman–Crippen LogP) is 4.17. The average Bonchev–Trinajstić information content (AvgIpc) is 2.66. The van der Waals surface area contributed by atoms with Crippen molar-refractivity contribution in [1.82, 2.24) is 10.7 Å². The molecule has 144 valence electrons. The van der Waals surface area contributed by atoms with Gasteiger partial charge in [-0.1, -0.05) is 88.6 Å². The van der Waals surface area contributed by atoms with E-state index in [1.165, 1.54) is 44.9 Å². The monoisotopic (exact) mass is 359 g/mol. The van der Waals surface area contributed by atoms with Crippen molar-refractivity contribution in [3.8, 4) is 0 Å². The quantitative estimate of drug-likeness (QED) is 0.297. The molecule has 0 aliphatic heterocycles. The molecule has 2 N–H and O–H groups in total. The smallest absolute Gasteiger partial charge is 0.259 e. The van der Waals surface area contributed by atoms with Crippen LogP contribution in [0.3, 0.4) is 0 Å². The van der Waals surface area contributed by atoms with Crippen LogP contribution in [0.1, 0.15) is 76.7 Å². The van der Waals surface area contributed by atoms with Crippen LogP contribution in [0.25, 0.3) is 0 Å². The number of hydrogen-bond donors (Lipinski definition) is 2. The minimum absolute atomic E-state index is 0.0393. The summed E-state index contributed by atoms with van der Waals surface area (Å²) in [6.45, 7) is 2.19. The lowest BCUT2D eigenvalue weighted by atomic mass is 10.1. The largest absolute Gasteiger partial charge is 0.347 e. The highest BCUT2D eigenvalue weighted by molar-refractivity contribution is 5.86. The van der Waals surface area contributed by atoms with Crippen molar-refractivity contribution in [2.75, 3.05) is 6.54 Å². The molecule has 2 amide bonds. The van der Waals surface area contributed by atoms with Gasteiger partial charge >= 0.3 is 0 Å². The van der Waals surface area contributed by atoms with Crippen molar-refractivity contribution in [2.24, 2.45) is 5.10 Å². The van der Waals surface area contributed by atoms with Crippen LogP contribution >= 0.6 is 0 Å². The maximum atomic E-state index is 11.7. The van der Waals surface area contributed by atoms with Crippen molar-refractivity contribution in [2.45, 2.75) is 71.1 Å². The van der Waals surface area contributed by atoms with E-state index in [0.29, 0.717) is 6.42 Å². The molecule has 5 nitrogen and oxygen atoms in total. The molecule has 1 rings (SSSR count). The highest BCUT2D eigenvalue weighted by atomic mass is 16.2. The van der Waals surface area contributed by atoms with Gasteiger partial charge in [0.2, 0.25) is 5.91 Å². The molecule has 0 heterocycles. The molecule has 0 aliphatic rings. The topological polar surface area (TPSA) is 70.6 Å². The Hall–Kier alpha value is -2.17. The van der Waals surface area contributed by atoms with Crippen LogP contribution in [0.5, 0.6) is 0 Å². The molecular weight excluding hydrogens is 326 g/mol. The van der Waals surface area contributed by atoms with Crippen molar-refractivity contribution in [3.05, 3.63) is 35.9 Å². The summed E-state index contributed by atoms with van der Waals surface area (Å²) < 4.78 is 0. The van der Waals surface area contributed by atoms with E-state index in [1.807, 2.05) is 30.3 Å². The Bertz CT molecular complexity index is 529. The van der Waals surface area contributed by atoms with E-state index in [9.17, 15) is 9.59 Å². The normalized spacial score (nSPS) is 10.8. The van der Waals surface area contributed by atoms with Gasteiger partial charge in [-0.2, -0.15) is 5.10 Å². The summed E-state index contributed by atoms with van der Waals surface area (Å²) in [5.74, 6) is -0.396. The maximum Gasteiger partial charge on any atom is 0.259 e. The first-order valence-corrected chi connectivity index (χ1v) is 9.86. The zero-order valence-electron chi connectivity index (χ0n) is 16.0. The minimum atomic E-state index is -0.322. The third-order valence-corrected chi connectivity index (χ3v) is 4.16. The molecule has 0 radical (unpaired) electrons. The number of hydrogen-bond acceptors (Lipinski definition) is 3. The van der Waals surface area contributed by atoms with E-state index in [-0.39, 0.29) is 18.4 Å². The van der Waals surface area contributed by atoms with Gasteiger partial charge in [0.25, 0.3) is 5.91 Å². The number of amides is 2. The molecule has 0 unspecified atom stereocenters. The number of rotatable bonds is 14. The molecule has 0 saturated carbocycles. The fraction of sp³-hybridized carbons (Fsp3) is 0.571. The summed E-state index contributed by atoms with van der Waals surface area (Å²) >= 11 is 0. The lowest BCUT2D eigenvalue weighted by Gasteiger charge is -2.04. The lowest BCUT2D eigenvalue weighted by Crippen LogP contribution is -2.34. The Kier molecular flexibility index (Phi) is 12.7. The second kappa shape index (κ2) is 15.1. The van der Waals surface area contributed by atoms with Crippen LogP contribution in [-0.4, -0.2) is 24.6 Å². The summed E-state index contributed by atoms with van der Waals surface area (Å²) in [6, 6.07) is 9.50. The van der Waals surface area contributed by atoms with Gasteiger partial charge < -0.3 is 5.32 Å². The van der Waals surface area contributed by atoms with Gasteiger partial charge in [0.1, 0.15) is 0 Å². The third kappa shape index (κ3) is 12.2. The lowest BCUT2D eigenvalue weighted by molar-refractivity contribution is -0.126. The molecule has 0 spiro atoms. The van der Waals surface area contributed by atoms with Crippen LogP contribution in [0.15, 0.2) is 35.4 Å². The van der Waals surface area contributed by atoms with E-state index in [0.717, 1.165) is 18.4 Å². The predicted molar refractivity (Wildman–Crippen MR) is 107 cm³/mol. The highest BCUT2D eigenvalue weighted by Crippen LogP contribution is 2.10. The van der Waals surface area contributed by atoms with E-state index in [4.69, 9.17) is 0 Å². The molecule has 1 aromatic carbocycles. The molecule has 0 aliphatic carbocycles. The summed E-state index contributed by atoms with van der Waals surface area (Å²) in [6.07, 6.45) is 13.1. The zero-order valence-corrected chi connectivity index (χ0v) is 16.0. The summed E-state index contributed by atoms with van der Waals surface area (Å²) in [5.41, 5.74) is 3.31. The number of unbranched alkanes of at least 4 members (excludes halogenated alkanes) is 8. The van der Waals surface area contributed by atoms with Gasteiger partial charge in [-0.15, -0.1) is 0 Å². The fourth-order valence-electron chi connectivity index (χ4n) is 2.62. The number of carbonyl (C=O) groups is 2. The van der Waals surface area contributed by atoms with E-state index < -0.39 is 0 Å². The average molecular weight is 360 g/mol. The van der Waals surface area contributed by atoms with Crippen LogP contribution in [0.4, 0.5) is 0 Å². The standard InChI is InChI=1S/C21H33N3O2/c1-2-3-4-5-6-7-8-9-13-16-20(25)22-18-21(26)24-23-17-19-14-11-10-12-15-19/h10-12,14-15,17H,2-9,13,16,18H2,1H3,(H,22,25)(H,24,26)/b23-17+. The van der Waals surface area contributed by atoms with Crippen LogP contribution in [-0.2, 0) is 9.59 Å². The van der Waals surface area contributed by atoms with Gasteiger partial charge in [-0.25, -0.2) is 5.43 Å². The molecule has 0 bridgehead atoms. The van der Waals surface area contributed by atoms with E-state index in [2.05, 4.69) is 22.8 Å². The number of nitrogens with zero attached hydrogens (tertiary/aromatic N) is 1. The molecule has 0 aromatic heterocycles. The number of nitrogens with one attached hydrogen (secondary N) is 2. The van der Waals surface area contributed by atoms with Gasteiger partial charge in [0.15, 0.2) is 0 Å². The van der Waals surface area contributed by atoms with Crippen molar-refractivity contribution < 1.29 is 9.59 Å². The van der Waals surface area contributed by atoms with Gasteiger partial charge in [-0.3, -0.25) is 9.59 Å². The molecular formula is C21H33N3O2. The second-order valence-corrected chi connectivity index (χ2v) is 6.56. The Morgan fingerprint density at radius 2 is 1.50 bits per heavy atom. The van der Waals surface area contributed by atoms with E-state index >= 15 is 0 Å². The molecule has 0 saturated heterocycles. The Morgan fingerprint density at radius 3 is 2.15 bits per heavy atom. The number of benzene rings is 1. The third-order valence-electron chi connectivity index (χ3n) is 4.16. The first-order valence-electron chi connectivity index (χ1n) is 9.86. The summed E-state index contributed by atoms with van der Waals surface area (Å²) in [4.78, 5) is 23.3. The first kappa shape index (κ1) is 21.9. The van der Waals surface area contributed by atoms with Crippen molar-refractivity contribution in [1.29, 1.82) is 0 Å². The van der Waals surface area contributed by atoms with Crippen LogP contribution in [0.2, 0.25) is 0 Å². The Balaban J connectivity index is 1.97. The van der Waals surface area contributed by atoms with Gasteiger partial charge in [-0.05, 0) is 12.0 Å². The van der Waals surface area contributed by atoms with Crippen LogP contribution in [0, 0.1) is 0 Å². The number of carbonyl (C=O) groups excluding carboxylic acids is 2. The molecule has 26 heavy (non-hydrogen) atoms. The SMILES string of the molecule is CCCCCCCCCCCC(=O)NCC(=O)N/N=C/c1ccccc1. The molecule has 5 heteroatoms. The molecule has 0 atom stereocenters. The molecule has 0 fully saturated rings. The van der Waals surface area contributed by atoms with Gasteiger partial charge in [0, 0.05) is 6.42 Å².